The number of unbranched alkanes of at least 4 members (excludes halogenated alkanes) is 2. The Balaban J connectivity index is 0.853. The van der Waals surface area contributed by atoms with E-state index < -0.39 is 0 Å². The molecule has 62 heavy (non-hydrogen) atoms. The maximum Gasteiger partial charge on any atom is 0.159 e. The minimum atomic E-state index is 0.0202. The molecule has 0 N–H and O–H groups in total. The molecular weight excluding hydrogens is 773 g/mol. The Kier molecular flexibility index (Phi) is 10.2. The summed E-state index contributed by atoms with van der Waals surface area (Å²) in [6.07, 6.45) is 4.68. The molecule has 0 aliphatic heterocycles. The third kappa shape index (κ3) is 7.21. The van der Waals surface area contributed by atoms with Crippen molar-refractivity contribution < 1.29 is 9.47 Å². The summed E-state index contributed by atoms with van der Waals surface area (Å²) in [5.74, 6) is 4.60. The fraction of sp³-hybridized carbons (Fsp3) is 0.240. The third-order valence-electron chi connectivity index (χ3n) is 11.9. The summed E-state index contributed by atoms with van der Waals surface area (Å²) >= 11 is 0. The van der Waals surface area contributed by atoms with E-state index in [4.69, 9.17) is 39.4 Å². The quantitative estimate of drug-likeness (QED) is 0.0996. The minimum absolute atomic E-state index is 0.0202. The fourth-order valence-electron chi connectivity index (χ4n) is 8.50. The van der Waals surface area contributed by atoms with Crippen LogP contribution in [-0.2, 0) is 28.2 Å². The molecule has 4 aromatic carbocycles. The number of aryl methyl sites for hydroxylation is 4. The monoisotopic (exact) mass is 820 g/mol. The molecule has 0 saturated carbocycles. The maximum atomic E-state index is 6.80. The molecule has 6 aromatic heterocycles. The molecule has 0 saturated heterocycles. The Morgan fingerprint density at radius 2 is 0.790 bits per heavy atom. The number of nitrogens with zero attached hydrogens (tertiary/aromatic N) is 10. The first kappa shape index (κ1) is 38.8. The Morgan fingerprint density at radius 3 is 1.15 bits per heavy atom. The number of imidazole rings is 4. The van der Waals surface area contributed by atoms with Crippen molar-refractivity contribution in [3.05, 3.63) is 121 Å². The number of fused-ring (bicyclic) bond motifs is 4. The number of pyridine rings is 2. The number of para-hydroxylation sites is 8. The van der Waals surface area contributed by atoms with Crippen LogP contribution in [0.25, 0.3) is 90.2 Å². The van der Waals surface area contributed by atoms with Gasteiger partial charge >= 0.3 is 0 Å². The van der Waals surface area contributed by atoms with E-state index >= 15 is 0 Å². The van der Waals surface area contributed by atoms with Crippen molar-refractivity contribution in [2.75, 3.05) is 6.61 Å². The van der Waals surface area contributed by atoms with Crippen LogP contribution >= 0.6 is 0 Å². The van der Waals surface area contributed by atoms with Crippen LogP contribution < -0.4 is 9.47 Å². The largest absolute Gasteiger partial charge is 0.493 e. The van der Waals surface area contributed by atoms with Gasteiger partial charge in [-0.15, -0.1) is 0 Å². The minimum Gasteiger partial charge on any atom is -0.493 e. The van der Waals surface area contributed by atoms with Gasteiger partial charge in [0, 0.05) is 52.5 Å². The molecule has 12 nitrogen and oxygen atoms in total. The van der Waals surface area contributed by atoms with Gasteiger partial charge in [0.05, 0.1) is 56.8 Å². The van der Waals surface area contributed by atoms with E-state index in [9.17, 15) is 0 Å². The zero-order valence-corrected chi connectivity index (χ0v) is 35.7. The van der Waals surface area contributed by atoms with Crippen molar-refractivity contribution in [3.8, 4) is 57.6 Å². The highest BCUT2D eigenvalue weighted by molar-refractivity contribution is 5.84. The van der Waals surface area contributed by atoms with Gasteiger partial charge in [0.2, 0.25) is 0 Å². The van der Waals surface area contributed by atoms with Crippen molar-refractivity contribution in [2.24, 2.45) is 28.2 Å². The molecule has 0 amide bonds. The predicted molar refractivity (Wildman–Crippen MR) is 246 cm³/mol. The molecule has 0 radical (unpaired) electrons. The molecule has 0 aliphatic carbocycles. The standard InChI is InChI=1S/C50H48N10O2/c1-6-32(62-34-30-41(49-55-37-21-11-15-25-45(37)59(49)4)52-42(31-34)50-56-38-22-12-16-26-46(38)60(50)5)18-8-7-17-27-61-33-28-39(47-53-35-19-9-13-23-43(35)57(47)2)51-40(29-33)48-54-36-20-10-14-24-44(36)58(48)3/h9-16,19-26,28-32H,6-8,17-18,27H2,1-5H3. The second kappa shape index (κ2) is 16.3. The lowest BCUT2D eigenvalue weighted by Crippen LogP contribution is -2.16. The fourth-order valence-corrected chi connectivity index (χ4v) is 8.50. The molecule has 1 atom stereocenters. The van der Waals surface area contributed by atoms with Crippen LogP contribution in [0.4, 0.5) is 0 Å². The van der Waals surface area contributed by atoms with E-state index in [-0.39, 0.29) is 6.10 Å². The lowest BCUT2D eigenvalue weighted by atomic mass is 10.1. The number of benzene rings is 4. The van der Waals surface area contributed by atoms with Crippen molar-refractivity contribution in [1.29, 1.82) is 0 Å². The molecular formula is C50H48N10O2. The summed E-state index contributed by atoms with van der Waals surface area (Å²) in [7, 11) is 8.12. The Labute approximate surface area is 359 Å². The molecule has 0 aliphatic rings. The van der Waals surface area contributed by atoms with E-state index in [1.807, 2.05) is 125 Å². The van der Waals surface area contributed by atoms with E-state index in [1.54, 1.807) is 0 Å². The lowest BCUT2D eigenvalue weighted by molar-refractivity contribution is 0.181. The smallest absolute Gasteiger partial charge is 0.159 e. The average molecular weight is 821 g/mol. The molecule has 6 heterocycles. The summed E-state index contributed by atoms with van der Waals surface area (Å²) in [5, 5.41) is 0. The van der Waals surface area contributed by atoms with Crippen LogP contribution in [0.2, 0.25) is 0 Å². The van der Waals surface area contributed by atoms with E-state index in [1.165, 1.54) is 0 Å². The van der Waals surface area contributed by atoms with Crippen LogP contribution in [-0.4, -0.2) is 60.9 Å². The summed E-state index contributed by atoms with van der Waals surface area (Å²) in [4.78, 5) is 30.1. The second-order valence-corrected chi connectivity index (χ2v) is 15.9. The van der Waals surface area contributed by atoms with Crippen LogP contribution in [0.3, 0.4) is 0 Å². The highest BCUT2D eigenvalue weighted by Gasteiger charge is 2.21. The van der Waals surface area contributed by atoms with Gasteiger partial charge in [0.15, 0.2) is 23.3 Å². The summed E-state index contributed by atoms with van der Waals surface area (Å²) < 4.78 is 21.6. The molecule has 12 heteroatoms. The zero-order valence-electron chi connectivity index (χ0n) is 35.7. The van der Waals surface area contributed by atoms with Gasteiger partial charge in [0.1, 0.15) is 34.3 Å². The summed E-state index contributed by atoms with van der Waals surface area (Å²) in [5.41, 5.74) is 10.8. The van der Waals surface area contributed by atoms with Crippen LogP contribution in [0.5, 0.6) is 11.5 Å². The third-order valence-corrected chi connectivity index (χ3v) is 11.9. The first-order valence-electron chi connectivity index (χ1n) is 21.3. The summed E-state index contributed by atoms with van der Waals surface area (Å²) in [6, 6.07) is 40.6. The van der Waals surface area contributed by atoms with Gasteiger partial charge in [-0.3, -0.25) is 0 Å². The Bertz CT molecular complexity index is 3050. The Hall–Kier alpha value is -7.34. The Morgan fingerprint density at radius 1 is 0.435 bits per heavy atom. The highest BCUT2D eigenvalue weighted by atomic mass is 16.5. The van der Waals surface area contributed by atoms with Gasteiger partial charge in [-0.25, -0.2) is 29.9 Å². The zero-order chi connectivity index (χ0) is 42.3. The molecule has 10 rings (SSSR count). The topological polar surface area (TPSA) is 116 Å². The molecule has 0 fully saturated rings. The van der Waals surface area contributed by atoms with Crippen LogP contribution in [0.1, 0.15) is 39.0 Å². The van der Waals surface area contributed by atoms with Gasteiger partial charge in [0.25, 0.3) is 0 Å². The van der Waals surface area contributed by atoms with Crippen LogP contribution in [0.15, 0.2) is 121 Å². The number of aromatic nitrogens is 10. The van der Waals surface area contributed by atoms with E-state index in [0.717, 1.165) is 134 Å². The molecule has 310 valence electrons. The number of ether oxygens (including phenoxy) is 2. The van der Waals surface area contributed by atoms with Gasteiger partial charge in [-0.2, -0.15) is 0 Å². The first-order valence-corrected chi connectivity index (χ1v) is 21.3. The molecule has 0 spiro atoms. The van der Waals surface area contributed by atoms with Crippen molar-refractivity contribution >= 4 is 44.1 Å². The maximum absolute atomic E-state index is 6.80. The number of hydrogen-bond donors (Lipinski definition) is 0. The SMILES string of the molecule is CCC(CCCCCOc1cc(-c2nc3ccccc3n2C)nc(-c2nc3ccccc3n2C)c1)Oc1cc(-c2nc3ccccc3n2C)nc(-c2nc3ccccc3n2C)c1. The van der Waals surface area contributed by atoms with Gasteiger partial charge < -0.3 is 27.7 Å². The van der Waals surface area contributed by atoms with Crippen molar-refractivity contribution in [1.82, 2.24) is 48.2 Å². The summed E-state index contributed by atoms with van der Waals surface area (Å²) in [6.45, 7) is 2.75. The lowest BCUT2D eigenvalue weighted by Gasteiger charge is -2.19. The van der Waals surface area contributed by atoms with Crippen molar-refractivity contribution in [2.45, 2.75) is 45.1 Å². The molecule has 10 aromatic rings. The van der Waals surface area contributed by atoms with E-state index in [0.29, 0.717) is 6.61 Å². The first-order chi connectivity index (χ1) is 30.3. The van der Waals surface area contributed by atoms with Crippen molar-refractivity contribution in [3.63, 3.8) is 0 Å². The molecule has 1 unspecified atom stereocenters. The highest BCUT2D eigenvalue weighted by Crippen LogP contribution is 2.33. The van der Waals surface area contributed by atoms with E-state index in [2.05, 4.69) is 49.5 Å². The van der Waals surface area contributed by atoms with Gasteiger partial charge in [-0.05, 0) is 80.6 Å². The molecule has 0 bridgehead atoms. The predicted octanol–water partition coefficient (Wildman–Crippen LogP) is 10.5. The average Bonchev–Trinajstić information content (AvgIpc) is 4.04. The number of rotatable bonds is 14. The van der Waals surface area contributed by atoms with Crippen LogP contribution in [0, 0.1) is 0 Å². The van der Waals surface area contributed by atoms with Gasteiger partial charge in [-0.1, -0.05) is 55.5 Å². The second-order valence-electron chi connectivity index (χ2n) is 15.9. The normalized spacial score (nSPS) is 12.3. The number of hydrogen-bond acceptors (Lipinski definition) is 8.